The summed E-state index contributed by atoms with van der Waals surface area (Å²) in [6.45, 7) is 0.145. The first-order valence-corrected chi connectivity index (χ1v) is 13.3. The van der Waals surface area contributed by atoms with Gasteiger partial charge in [-0.05, 0) is 53.1 Å². The van der Waals surface area contributed by atoms with E-state index in [0.717, 1.165) is 21.0 Å². The highest BCUT2D eigenvalue weighted by atomic mass is 32.2. The monoisotopic (exact) mass is 476 g/mol. The van der Waals surface area contributed by atoms with Crippen LogP contribution >= 0.6 is 0 Å². The molecule has 1 amide bonds. The van der Waals surface area contributed by atoms with Gasteiger partial charge in [-0.2, -0.15) is 4.31 Å². The van der Waals surface area contributed by atoms with Gasteiger partial charge in [-0.15, -0.1) is 0 Å². The highest BCUT2D eigenvalue weighted by molar-refractivity contribution is 7.89. The zero-order valence-corrected chi connectivity index (χ0v) is 20.4. The van der Waals surface area contributed by atoms with Gasteiger partial charge in [0.1, 0.15) is 0 Å². The molecule has 4 rings (SSSR count). The highest BCUT2D eigenvalue weighted by Gasteiger charge is 2.23. The molecule has 0 spiro atoms. The Morgan fingerprint density at radius 2 is 1.47 bits per heavy atom. The molecule has 1 fully saturated rings. The van der Waals surface area contributed by atoms with Crippen molar-refractivity contribution in [2.24, 2.45) is 0 Å². The molecule has 6 heteroatoms. The zero-order valence-electron chi connectivity index (χ0n) is 19.6. The molecule has 0 atom stereocenters. The molecule has 0 aromatic heterocycles. The summed E-state index contributed by atoms with van der Waals surface area (Å²) >= 11 is 0. The van der Waals surface area contributed by atoms with Crippen LogP contribution in [0.25, 0.3) is 11.1 Å². The molecule has 0 saturated heterocycles. The summed E-state index contributed by atoms with van der Waals surface area (Å²) in [6.07, 6.45) is 6.45. The Hall–Kier alpha value is -2.96. The standard InChI is InChI=1S/C28H32N2O3S/c1-30(34(32,33)27-18-16-26(17-19-27)24-10-6-3-7-11-24)21-28(31)29-20-22-12-14-25(15-13-22)23-8-4-2-5-9-23/h3,6-7,10-19,23H,2,4-5,8-9,20-21H2,1H3,(H,29,31). The fourth-order valence-electron chi connectivity index (χ4n) is 4.52. The predicted octanol–water partition coefficient (Wildman–Crippen LogP) is 5.34. The van der Waals surface area contributed by atoms with E-state index in [1.807, 2.05) is 30.3 Å². The van der Waals surface area contributed by atoms with Crippen molar-refractivity contribution in [1.82, 2.24) is 9.62 Å². The number of nitrogens with one attached hydrogen (secondary N) is 1. The van der Waals surface area contributed by atoms with Crippen LogP contribution in [0.1, 0.15) is 49.1 Å². The van der Waals surface area contributed by atoms with Gasteiger partial charge in [0.25, 0.3) is 0 Å². The van der Waals surface area contributed by atoms with Crippen LogP contribution in [0.5, 0.6) is 0 Å². The minimum absolute atomic E-state index is 0.167. The summed E-state index contributed by atoms with van der Waals surface area (Å²) in [5.41, 5.74) is 4.34. The van der Waals surface area contributed by atoms with Gasteiger partial charge < -0.3 is 5.32 Å². The lowest BCUT2D eigenvalue weighted by Gasteiger charge is -2.22. The van der Waals surface area contributed by atoms with Crippen LogP contribution in [0, 0.1) is 0 Å². The molecule has 1 N–H and O–H groups in total. The van der Waals surface area contributed by atoms with Gasteiger partial charge in [0.15, 0.2) is 0 Å². The van der Waals surface area contributed by atoms with E-state index >= 15 is 0 Å². The Kier molecular flexibility index (Phi) is 7.80. The molecule has 3 aromatic rings. The lowest BCUT2D eigenvalue weighted by atomic mass is 9.84. The Morgan fingerprint density at radius 3 is 2.12 bits per heavy atom. The number of hydrogen-bond donors (Lipinski definition) is 1. The Bertz CT molecular complexity index is 1180. The number of carbonyl (C=O) groups excluding carboxylic acids is 1. The number of amides is 1. The number of sulfonamides is 1. The summed E-state index contributed by atoms with van der Waals surface area (Å²) in [5.74, 6) is 0.321. The first kappa shape index (κ1) is 24.2. The van der Waals surface area contributed by atoms with Crippen molar-refractivity contribution in [3.8, 4) is 11.1 Å². The number of benzene rings is 3. The summed E-state index contributed by atoms with van der Waals surface area (Å²) < 4.78 is 26.9. The molecule has 0 heterocycles. The minimum Gasteiger partial charge on any atom is -0.351 e. The molecule has 0 unspecified atom stereocenters. The molecular formula is C28H32N2O3S. The fraction of sp³-hybridized carbons (Fsp3) is 0.321. The molecule has 0 radical (unpaired) electrons. The van der Waals surface area contributed by atoms with Crippen molar-refractivity contribution >= 4 is 15.9 Å². The maximum atomic E-state index is 12.9. The van der Waals surface area contributed by atoms with Crippen LogP contribution < -0.4 is 5.32 Å². The van der Waals surface area contributed by atoms with Crippen molar-refractivity contribution in [2.45, 2.75) is 49.5 Å². The number of nitrogens with zero attached hydrogens (tertiary/aromatic N) is 1. The van der Waals surface area contributed by atoms with Gasteiger partial charge >= 0.3 is 0 Å². The largest absolute Gasteiger partial charge is 0.351 e. The maximum absolute atomic E-state index is 12.9. The fourth-order valence-corrected chi connectivity index (χ4v) is 5.64. The van der Waals surface area contributed by atoms with Crippen LogP contribution in [0.2, 0.25) is 0 Å². The van der Waals surface area contributed by atoms with Gasteiger partial charge in [-0.3, -0.25) is 4.79 Å². The topological polar surface area (TPSA) is 66.5 Å². The van der Waals surface area contributed by atoms with Crippen molar-refractivity contribution in [2.75, 3.05) is 13.6 Å². The zero-order chi connectivity index (χ0) is 24.0. The summed E-state index contributed by atoms with van der Waals surface area (Å²) in [6, 6.07) is 24.9. The average Bonchev–Trinajstić information content (AvgIpc) is 2.89. The third-order valence-electron chi connectivity index (χ3n) is 6.58. The van der Waals surface area contributed by atoms with E-state index in [0.29, 0.717) is 12.5 Å². The van der Waals surface area contributed by atoms with Crippen LogP contribution in [0.3, 0.4) is 0 Å². The van der Waals surface area contributed by atoms with Crippen molar-refractivity contribution in [3.05, 3.63) is 90.0 Å². The summed E-state index contributed by atoms with van der Waals surface area (Å²) in [7, 11) is -2.33. The van der Waals surface area contributed by atoms with Crippen molar-refractivity contribution in [1.29, 1.82) is 0 Å². The van der Waals surface area contributed by atoms with Gasteiger partial charge in [0.2, 0.25) is 15.9 Å². The highest BCUT2D eigenvalue weighted by Crippen LogP contribution is 2.32. The molecule has 178 valence electrons. The second-order valence-electron chi connectivity index (χ2n) is 9.00. The molecule has 1 aliphatic rings. The minimum atomic E-state index is -3.76. The molecule has 1 aliphatic carbocycles. The lowest BCUT2D eigenvalue weighted by Crippen LogP contribution is -2.38. The number of hydrogen-bond acceptors (Lipinski definition) is 3. The van der Waals surface area contributed by atoms with E-state index in [-0.39, 0.29) is 17.3 Å². The Balaban J connectivity index is 1.31. The molecule has 1 saturated carbocycles. The SMILES string of the molecule is CN(CC(=O)NCc1ccc(C2CCCCC2)cc1)S(=O)(=O)c1ccc(-c2ccccc2)cc1. The molecule has 5 nitrogen and oxygen atoms in total. The normalized spacial score (nSPS) is 14.8. The number of likely N-dealkylation sites (N-methyl/N-ethyl adjacent to an activating group) is 1. The van der Waals surface area contributed by atoms with E-state index < -0.39 is 10.0 Å². The van der Waals surface area contributed by atoms with Gasteiger partial charge in [-0.25, -0.2) is 8.42 Å². The van der Waals surface area contributed by atoms with E-state index in [1.54, 1.807) is 24.3 Å². The van der Waals surface area contributed by atoms with Gasteiger partial charge in [0, 0.05) is 13.6 Å². The molecule has 34 heavy (non-hydrogen) atoms. The molecular weight excluding hydrogens is 444 g/mol. The first-order chi connectivity index (χ1) is 16.4. The Morgan fingerprint density at radius 1 is 0.853 bits per heavy atom. The third-order valence-corrected chi connectivity index (χ3v) is 8.40. The second kappa shape index (κ2) is 11.0. The van der Waals surface area contributed by atoms with Gasteiger partial charge in [0.05, 0.1) is 11.4 Å². The van der Waals surface area contributed by atoms with E-state index in [2.05, 4.69) is 29.6 Å². The number of carbonyl (C=O) groups is 1. The van der Waals surface area contributed by atoms with Crippen molar-refractivity contribution < 1.29 is 13.2 Å². The average molecular weight is 477 g/mol. The number of rotatable bonds is 8. The van der Waals surface area contributed by atoms with Crippen LogP contribution in [0.4, 0.5) is 0 Å². The maximum Gasteiger partial charge on any atom is 0.243 e. The van der Waals surface area contributed by atoms with E-state index in [4.69, 9.17) is 0 Å². The first-order valence-electron chi connectivity index (χ1n) is 11.9. The summed E-state index contributed by atoms with van der Waals surface area (Å²) in [4.78, 5) is 12.6. The van der Waals surface area contributed by atoms with E-state index in [1.165, 1.54) is 44.7 Å². The van der Waals surface area contributed by atoms with E-state index in [9.17, 15) is 13.2 Å². The summed E-state index contributed by atoms with van der Waals surface area (Å²) in [5, 5.41) is 2.84. The smallest absolute Gasteiger partial charge is 0.243 e. The molecule has 0 bridgehead atoms. The molecule has 3 aromatic carbocycles. The second-order valence-corrected chi connectivity index (χ2v) is 11.0. The van der Waals surface area contributed by atoms with Crippen LogP contribution in [0.15, 0.2) is 83.8 Å². The Labute approximate surface area is 202 Å². The third kappa shape index (κ3) is 5.93. The van der Waals surface area contributed by atoms with Crippen LogP contribution in [-0.4, -0.2) is 32.2 Å². The van der Waals surface area contributed by atoms with Gasteiger partial charge in [-0.1, -0.05) is 86.0 Å². The van der Waals surface area contributed by atoms with Crippen molar-refractivity contribution in [3.63, 3.8) is 0 Å². The lowest BCUT2D eigenvalue weighted by molar-refractivity contribution is -0.121. The quantitative estimate of drug-likeness (QED) is 0.477. The van der Waals surface area contributed by atoms with Crippen LogP contribution in [-0.2, 0) is 21.4 Å². The molecule has 0 aliphatic heterocycles. The predicted molar refractivity (Wildman–Crippen MR) is 136 cm³/mol.